The lowest BCUT2D eigenvalue weighted by Crippen LogP contribution is -2.29. The summed E-state index contributed by atoms with van der Waals surface area (Å²) in [6, 6.07) is 4.01. The van der Waals surface area contributed by atoms with Crippen molar-refractivity contribution < 1.29 is 18.8 Å². The smallest absolute Gasteiger partial charge is 0.264 e. The zero-order valence-corrected chi connectivity index (χ0v) is 12.4. The molecule has 0 bridgehead atoms. The van der Waals surface area contributed by atoms with Crippen molar-refractivity contribution in [2.24, 2.45) is 0 Å². The molecule has 0 unspecified atom stereocenters. The van der Waals surface area contributed by atoms with E-state index < -0.39 is 11.4 Å². The van der Waals surface area contributed by atoms with E-state index in [2.05, 4.69) is 10.1 Å². The van der Waals surface area contributed by atoms with Gasteiger partial charge in [-0.3, -0.25) is 0 Å². The van der Waals surface area contributed by atoms with Crippen LogP contribution in [0.15, 0.2) is 22.7 Å². The zero-order chi connectivity index (χ0) is 15.5. The van der Waals surface area contributed by atoms with E-state index in [-0.39, 0.29) is 17.2 Å². The minimum Gasteiger partial charge on any atom is -0.507 e. The predicted molar refractivity (Wildman–Crippen MR) is 75.2 cm³/mol. The third kappa shape index (κ3) is 2.76. The van der Waals surface area contributed by atoms with Crippen molar-refractivity contribution in [3.8, 4) is 17.2 Å². The van der Waals surface area contributed by atoms with Gasteiger partial charge in [0.1, 0.15) is 22.7 Å². The van der Waals surface area contributed by atoms with Crippen LogP contribution in [0.25, 0.3) is 11.5 Å². The van der Waals surface area contributed by atoms with Crippen LogP contribution in [0.1, 0.15) is 39.4 Å². The SMILES string of the molecule is CCOC(CC)(CC)c1noc(-c2c(O)cccc2F)n1. The molecule has 21 heavy (non-hydrogen) atoms. The summed E-state index contributed by atoms with van der Waals surface area (Å²) in [5.74, 6) is -0.529. The molecule has 1 aromatic heterocycles. The van der Waals surface area contributed by atoms with Gasteiger partial charge in [-0.15, -0.1) is 0 Å². The van der Waals surface area contributed by atoms with Crippen molar-refractivity contribution in [1.29, 1.82) is 0 Å². The van der Waals surface area contributed by atoms with Gasteiger partial charge in [0.2, 0.25) is 5.82 Å². The van der Waals surface area contributed by atoms with Gasteiger partial charge in [0.15, 0.2) is 0 Å². The molecule has 114 valence electrons. The number of aromatic hydroxyl groups is 1. The Balaban J connectivity index is 2.46. The van der Waals surface area contributed by atoms with Crippen LogP contribution in [0.4, 0.5) is 4.39 Å². The molecule has 0 saturated carbocycles. The quantitative estimate of drug-likeness (QED) is 0.881. The zero-order valence-electron chi connectivity index (χ0n) is 12.4. The molecule has 1 heterocycles. The second kappa shape index (κ2) is 6.22. The first-order chi connectivity index (χ1) is 10.1. The molecule has 0 saturated heterocycles. The number of phenolic OH excluding ortho intramolecular Hbond substituents is 1. The molecule has 0 fully saturated rings. The number of rotatable bonds is 6. The third-order valence-corrected chi connectivity index (χ3v) is 3.60. The van der Waals surface area contributed by atoms with E-state index >= 15 is 0 Å². The summed E-state index contributed by atoms with van der Waals surface area (Å²) < 4.78 is 24.7. The standard InChI is InChI=1S/C15H19FN2O3/c1-4-15(5-2,20-6-3)14-17-13(21-18-14)12-10(16)8-7-9-11(12)19/h7-9,19H,4-6H2,1-3H3. The van der Waals surface area contributed by atoms with Crippen LogP contribution in [0, 0.1) is 5.82 Å². The molecule has 0 aliphatic carbocycles. The van der Waals surface area contributed by atoms with E-state index in [1.54, 1.807) is 0 Å². The Kier molecular flexibility index (Phi) is 4.57. The number of hydrogen-bond acceptors (Lipinski definition) is 5. The molecule has 0 radical (unpaired) electrons. The number of ether oxygens (including phenoxy) is 1. The molecule has 0 aliphatic heterocycles. The fourth-order valence-electron chi connectivity index (χ4n) is 2.35. The van der Waals surface area contributed by atoms with Gasteiger partial charge in [0, 0.05) is 6.61 Å². The molecule has 0 amide bonds. The Morgan fingerprint density at radius 1 is 1.29 bits per heavy atom. The van der Waals surface area contributed by atoms with Gasteiger partial charge in [-0.1, -0.05) is 25.1 Å². The predicted octanol–water partition coefficient (Wildman–Crippen LogP) is 3.63. The Morgan fingerprint density at radius 2 is 2.00 bits per heavy atom. The molecule has 5 nitrogen and oxygen atoms in total. The summed E-state index contributed by atoms with van der Waals surface area (Å²) >= 11 is 0. The maximum Gasteiger partial charge on any atom is 0.264 e. The Hall–Kier alpha value is -1.95. The Bertz CT molecular complexity index is 588. The van der Waals surface area contributed by atoms with Gasteiger partial charge in [0.25, 0.3) is 5.89 Å². The Morgan fingerprint density at radius 3 is 2.57 bits per heavy atom. The molecule has 1 aromatic carbocycles. The summed E-state index contributed by atoms with van der Waals surface area (Å²) in [6.07, 6.45) is 1.33. The first kappa shape index (κ1) is 15.4. The highest BCUT2D eigenvalue weighted by atomic mass is 19.1. The second-order valence-corrected chi connectivity index (χ2v) is 4.69. The first-order valence-corrected chi connectivity index (χ1v) is 7.04. The molecule has 6 heteroatoms. The highest BCUT2D eigenvalue weighted by Crippen LogP contribution is 2.35. The summed E-state index contributed by atoms with van der Waals surface area (Å²) in [4.78, 5) is 4.23. The largest absolute Gasteiger partial charge is 0.507 e. The number of hydrogen-bond donors (Lipinski definition) is 1. The van der Waals surface area contributed by atoms with Crippen LogP contribution in [-0.4, -0.2) is 21.9 Å². The van der Waals surface area contributed by atoms with E-state index in [0.717, 1.165) is 0 Å². The topological polar surface area (TPSA) is 68.4 Å². The van der Waals surface area contributed by atoms with Gasteiger partial charge in [-0.25, -0.2) is 4.39 Å². The lowest BCUT2D eigenvalue weighted by molar-refractivity contribution is -0.0583. The molecule has 0 atom stereocenters. The van der Waals surface area contributed by atoms with E-state index in [0.29, 0.717) is 25.3 Å². The molecule has 0 aliphatic rings. The van der Waals surface area contributed by atoms with Crippen molar-refractivity contribution in [2.75, 3.05) is 6.61 Å². The van der Waals surface area contributed by atoms with Crippen molar-refractivity contribution in [1.82, 2.24) is 10.1 Å². The van der Waals surface area contributed by atoms with Gasteiger partial charge in [-0.2, -0.15) is 4.98 Å². The summed E-state index contributed by atoms with van der Waals surface area (Å²) in [5, 5.41) is 13.7. The van der Waals surface area contributed by atoms with Crippen molar-refractivity contribution >= 4 is 0 Å². The van der Waals surface area contributed by atoms with Crippen LogP contribution in [-0.2, 0) is 10.3 Å². The van der Waals surface area contributed by atoms with E-state index in [4.69, 9.17) is 9.26 Å². The van der Waals surface area contributed by atoms with Gasteiger partial charge in [-0.05, 0) is 31.9 Å². The van der Waals surface area contributed by atoms with Gasteiger partial charge < -0.3 is 14.4 Å². The minimum absolute atomic E-state index is 0.0495. The van der Waals surface area contributed by atoms with Crippen molar-refractivity contribution in [3.63, 3.8) is 0 Å². The third-order valence-electron chi connectivity index (χ3n) is 3.60. The van der Waals surface area contributed by atoms with Crippen LogP contribution in [0.3, 0.4) is 0 Å². The van der Waals surface area contributed by atoms with Crippen LogP contribution in [0.5, 0.6) is 5.75 Å². The lowest BCUT2D eigenvalue weighted by Gasteiger charge is -2.27. The number of phenols is 1. The first-order valence-electron chi connectivity index (χ1n) is 7.04. The highest BCUT2D eigenvalue weighted by molar-refractivity contribution is 5.62. The van der Waals surface area contributed by atoms with Crippen LogP contribution < -0.4 is 0 Å². The minimum atomic E-state index is -0.655. The monoisotopic (exact) mass is 294 g/mol. The van der Waals surface area contributed by atoms with E-state index in [1.807, 2.05) is 20.8 Å². The summed E-state index contributed by atoms with van der Waals surface area (Å²) in [6.45, 7) is 6.34. The molecule has 1 N–H and O–H groups in total. The highest BCUT2D eigenvalue weighted by Gasteiger charge is 2.35. The van der Waals surface area contributed by atoms with Crippen LogP contribution >= 0.6 is 0 Å². The molecule has 0 spiro atoms. The summed E-state index contributed by atoms with van der Waals surface area (Å²) in [5.41, 5.74) is -0.744. The van der Waals surface area contributed by atoms with Crippen LogP contribution in [0.2, 0.25) is 0 Å². The average Bonchev–Trinajstić information content (AvgIpc) is 2.95. The maximum absolute atomic E-state index is 13.8. The molecular formula is C15H19FN2O3. The van der Waals surface area contributed by atoms with Crippen molar-refractivity contribution in [3.05, 3.63) is 29.8 Å². The van der Waals surface area contributed by atoms with E-state index in [1.165, 1.54) is 18.2 Å². The average molecular weight is 294 g/mol. The van der Waals surface area contributed by atoms with Gasteiger partial charge >= 0.3 is 0 Å². The normalized spacial score (nSPS) is 11.8. The summed E-state index contributed by atoms with van der Waals surface area (Å²) in [7, 11) is 0. The molecular weight excluding hydrogens is 275 g/mol. The number of benzene rings is 1. The maximum atomic E-state index is 13.8. The molecule has 2 aromatic rings. The number of nitrogens with zero attached hydrogens (tertiary/aromatic N) is 2. The number of aromatic nitrogens is 2. The van der Waals surface area contributed by atoms with Gasteiger partial charge in [0.05, 0.1) is 0 Å². The molecule has 2 rings (SSSR count). The van der Waals surface area contributed by atoms with Crippen molar-refractivity contribution in [2.45, 2.75) is 39.2 Å². The fraction of sp³-hybridized carbons (Fsp3) is 0.467. The fourth-order valence-corrected chi connectivity index (χ4v) is 2.35. The lowest BCUT2D eigenvalue weighted by atomic mass is 9.96. The Labute approximate surface area is 122 Å². The number of halogens is 1. The van der Waals surface area contributed by atoms with E-state index in [9.17, 15) is 9.50 Å². The second-order valence-electron chi connectivity index (χ2n) is 4.69.